The molecule has 2 nitrogen and oxygen atoms in total. The molecule has 10 rings (SSSR count). The Morgan fingerprint density at radius 2 is 1.58 bits per heavy atom. The van der Waals surface area contributed by atoms with Gasteiger partial charge in [-0.25, -0.2) is 0 Å². The number of fused-ring (bicyclic) bond motifs is 8. The fourth-order valence-electron chi connectivity index (χ4n) is 9.59. The predicted molar refractivity (Wildman–Crippen MR) is 197 cm³/mol. The highest BCUT2D eigenvalue weighted by molar-refractivity contribution is 6.14. The molecule has 0 radical (unpaired) electrons. The van der Waals surface area contributed by atoms with E-state index in [9.17, 15) is 0 Å². The Morgan fingerprint density at radius 3 is 2.40 bits per heavy atom. The van der Waals surface area contributed by atoms with Crippen LogP contribution < -0.4 is 4.74 Å². The molecular formula is C46H39NO. The van der Waals surface area contributed by atoms with E-state index in [4.69, 9.17) is 16.3 Å². The maximum Gasteiger partial charge on any atom is 0.128 e. The summed E-state index contributed by atoms with van der Waals surface area (Å²) in [5, 5.41) is 0. The van der Waals surface area contributed by atoms with E-state index in [2.05, 4.69) is 141 Å². The second-order valence-corrected chi connectivity index (χ2v) is 15.0. The van der Waals surface area contributed by atoms with Gasteiger partial charge in [0.05, 0.1) is 11.3 Å². The molecule has 4 aliphatic carbocycles. The largest absolute Gasteiger partial charge is 0.485 e. The van der Waals surface area contributed by atoms with Gasteiger partial charge in [-0.2, -0.15) is 0 Å². The summed E-state index contributed by atoms with van der Waals surface area (Å²) in [6.07, 6.45) is 19.0. The minimum absolute atomic E-state index is 0.0661. The van der Waals surface area contributed by atoms with Crippen LogP contribution in [0.15, 0.2) is 150 Å². The summed E-state index contributed by atoms with van der Waals surface area (Å²) in [4.78, 5) is 5.56. The van der Waals surface area contributed by atoms with Crippen molar-refractivity contribution in [2.45, 2.75) is 56.1 Å². The van der Waals surface area contributed by atoms with Crippen LogP contribution in [0, 0.1) is 11.8 Å². The van der Waals surface area contributed by atoms with Crippen LogP contribution in [0.5, 0.6) is 5.75 Å². The van der Waals surface area contributed by atoms with Gasteiger partial charge in [-0.3, -0.25) is 4.99 Å². The summed E-state index contributed by atoms with van der Waals surface area (Å²) >= 11 is 0. The summed E-state index contributed by atoms with van der Waals surface area (Å²) in [7, 11) is 0. The van der Waals surface area contributed by atoms with E-state index >= 15 is 0 Å². The highest BCUT2D eigenvalue weighted by atomic mass is 16.5. The van der Waals surface area contributed by atoms with E-state index in [0.717, 1.165) is 36.3 Å². The molecule has 4 aromatic rings. The number of allylic oxidation sites excluding steroid dienone is 7. The molecule has 48 heavy (non-hydrogen) atoms. The second kappa shape index (κ2) is 10.0. The molecule has 0 aromatic heterocycles. The third-order valence-electron chi connectivity index (χ3n) is 12.1. The van der Waals surface area contributed by atoms with Crippen LogP contribution in [0.4, 0.5) is 0 Å². The van der Waals surface area contributed by atoms with Crippen molar-refractivity contribution in [3.63, 3.8) is 0 Å². The molecule has 0 saturated heterocycles. The standard InChI is InChI=1S/C46H39NO/c1-28-41(30-12-6-4-7-13-30)38-27-46(38,33-14-8-5-9-15-33)47-44(28)31-20-18-29(19-21-31)32-22-23-36-35(26-32)42-37(45(36,2)3)24-25-40-43(42)34-16-10-11-17-39(34)48-40/h4-6,8-12,14-26,34,38-39,41H,1,7,13,27H2,2-3H3. The molecule has 1 fully saturated rings. The number of ether oxygens (including phenoxy) is 1. The number of hydrogen-bond donors (Lipinski definition) is 0. The van der Waals surface area contributed by atoms with Crippen molar-refractivity contribution in [2.24, 2.45) is 16.8 Å². The first kappa shape index (κ1) is 28.1. The first-order valence-corrected chi connectivity index (χ1v) is 17.6. The Bertz CT molecular complexity index is 2190. The van der Waals surface area contributed by atoms with Gasteiger partial charge >= 0.3 is 0 Å². The number of nitrogens with zero attached hydrogens (tertiary/aromatic N) is 1. The molecule has 0 spiro atoms. The number of benzene rings is 4. The van der Waals surface area contributed by atoms with Crippen molar-refractivity contribution in [1.82, 2.24) is 0 Å². The summed E-state index contributed by atoms with van der Waals surface area (Å²) in [5.74, 6) is 2.09. The predicted octanol–water partition coefficient (Wildman–Crippen LogP) is 10.8. The second-order valence-electron chi connectivity index (χ2n) is 15.0. The van der Waals surface area contributed by atoms with Crippen LogP contribution in [0.25, 0.3) is 22.3 Å². The van der Waals surface area contributed by atoms with Crippen LogP contribution >= 0.6 is 0 Å². The number of rotatable bonds is 4. The van der Waals surface area contributed by atoms with Gasteiger partial charge in [0.25, 0.3) is 0 Å². The molecule has 1 saturated carbocycles. The van der Waals surface area contributed by atoms with E-state index in [1.54, 1.807) is 0 Å². The summed E-state index contributed by atoms with van der Waals surface area (Å²) in [5.41, 5.74) is 15.3. The normalized spacial score (nSPS) is 28.0. The Kier molecular flexibility index (Phi) is 5.87. The van der Waals surface area contributed by atoms with Gasteiger partial charge in [-0.05, 0) is 82.0 Å². The lowest BCUT2D eigenvalue weighted by Gasteiger charge is -2.32. The van der Waals surface area contributed by atoms with Gasteiger partial charge in [-0.1, -0.05) is 135 Å². The third-order valence-corrected chi connectivity index (χ3v) is 12.1. The highest BCUT2D eigenvalue weighted by Gasteiger charge is 2.62. The van der Waals surface area contributed by atoms with E-state index in [0.29, 0.717) is 11.8 Å². The number of aliphatic imine (C=N–C) groups is 1. The highest BCUT2D eigenvalue weighted by Crippen LogP contribution is 2.65. The van der Waals surface area contributed by atoms with Crippen molar-refractivity contribution >= 4 is 5.71 Å². The molecule has 5 unspecified atom stereocenters. The molecular weight excluding hydrogens is 583 g/mol. The van der Waals surface area contributed by atoms with E-state index < -0.39 is 0 Å². The summed E-state index contributed by atoms with van der Waals surface area (Å²) < 4.78 is 6.44. The molecule has 2 aliphatic heterocycles. The van der Waals surface area contributed by atoms with Crippen LogP contribution in [0.1, 0.15) is 66.8 Å². The lowest BCUT2D eigenvalue weighted by molar-refractivity contribution is 0.269. The fourth-order valence-corrected chi connectivity index (χ4v) is 9.59. The Balaban J connectivity index is 1.04. The quantitative estimate of drug-likeness (QED) is 0.222. The average molecular weight is 622 g/mol. The lowest BCUT2D eigenvalue weighted by Crippen LogP contribution is -2.28. The van der Waals surface area contributed by atoms with Crippen LogP contribution in [0.2, 0.25) is 0 Å². The summed E-state index contributed by atoms with van der Waals surface area (Å²) in [6, 6.07) is 31.6. The van der Waals surface area contributed by atoms with Gasteiger partial charge in [0.15, 0.2) is 0 Å². The number of hydrogen-bond acceptors (Lipinski definition) is 2. The van der Waals surface area contributed by atoms with Crippen LogP contribution in [0.3, 0.4) is 0 Å². The molecule has 234 valence electrons. The molecule has 2 heterocycles. The zero-order chi connectivity index (χ0) is 32.2. The Labute approximate surface area is 283 Å². The maximum absolute atomic E-state index is 6.44. The Hall–Kier alpha value is -4.95. The van der Waals surface area contributed by atoms with Crippen LogP contribution in [-0.2, 0) is 11.0 Å². The SMILES string of the molecule is C=C1C(c2ccc(-c3ccc4c(c3)-c3c(ccc5c3C3C=CC=CC3O5)C4(C)C)cc2)=NC2(c3ccccc3)CC2C1C1=CC=CCC1. The Morgan fingerprint density at radius 1 is 0.812 bits per heavy atom. The van der Waals surface area contributed by atoms with Crippen molar-refractivity contribution in [1.29, 1.82) is 0 Å². The van der Waals surface area contributed by atoms with E-state index in [1.165, 1.54) is 55.7 Å². The fraction of sp³-hybridized carbons (Fsp3) is 0.239. The molecule has 2 heteroatoms. The molecule has 0 amide bonds. The van der Waals surface area contributed by atoms with Gasteiger partial charge in [0.2, 0.25) is 0 Å². The van der Waals surface area contributed by atoms with Gasteiger partial charge < -0.3 is 4.74 Å². The average Bonchev–Trinajstić information content (AvgIpc) is 3.67. The van der Waals surface area contributed by atoms with Crippen molar-refractivity contribution in [3.05, 3.63) is 173 Å². The molecule has 4 aromatic carbocycles. The van der Waals surface area contributed by atoms with Gasteiger partial charge in [0.1, 0.15) is 11.9 Å². The van der Waals surface area contributed by atoms with E-state index in [-0.39, 0.29) is 23.0 Å². The smallest absolute Gasteiger partial charge is 0.128 e. The van der Waals surface area contributed by atoms with Crippen molar-refractivity contribution in [2.75, 3.05) is 0 Å². The van der Waals surface area contributed by atoms with Gasteiger partial charge in [-0.15, -0.1) is 0 Å². The monoisotopic (exact) mass is 621 g/mol. The van der Waals surface area contributed by atoms with Gasteiger partial charge in [0, 0.05) is 34.3 Å². The molecule has 0 N–H and O–H groups in total. The first-order valence-electron chi connectivity index (χ1n) is 17.6. The zero-order valence-electron chi connectivity index (χ0n) is 27.6. The minimum atomic E-state index is -0.157. The van der Waals surface area contributed by atoms with Crippen molar-refractivity contribution < 1.29 is 4.74 Å². The molecule has 0 bridgehead atoms. The molecule has 5 atom stereocenters. The zero-order valence-corrected chi connectivity index (χ0v) is 27.6. The third kappa shape index (κ3) is 3.89. The maximum atomic E-state index is 6.44. The topological polar surface area (TPSA) is 21.6 Å². The minimum Gasteiger partial charge on any atom is -0.485 e. The van der Waals surface area contributed by atoms with Crippen molar-refractivity contribution in [3.8, 4) is 28.0 Å². The molecule has 6 aliphatic rings. The summed E-state index contributed by atoms with van der Waals surface area (Å²) in [6.45, 7) is 9.45. The van der Waals surface area contributed by atoms with Crippen LogP contribution in [-0.4, -0.2) is 11.8 Å². The lowest BCUT2D eigenvalue weighted by atomic mass is 9.76. The first-order chi connectivity index (χ1) is 23.4. The van der Waals surface area contributed by atoms with E-state index in [1.807, 2.05) is 0 Å².